The number of amides is 1. The predicted octanol–water partition coefficient (Wildman–Crippen LogP) is 2.40. The Balaban J connectivity index is 2.17. The Morgan fingerprint density at radius 1 is 1.58 bits per heavy atom. The molecule has 0 saturated carbocycles. The van der Waals surface area contributed by atoms with Crippen LogP contribution in [0.2, 0.25) is 0 Å². The first kappa shape index (κ1) is 14.2. The zero-order valence-electron chi connectivity index (χ0n) is 11.8. The van der Waals surface area contributed by atoms with Gasteiger partial charge in [-0.25, -0.2) is 4.98 Å². The van der Waals surface area contributed by atoms with Crippen molar-refractivity contribution in [2.24, 2.45) is 0 Å². The van der Waals surface area contributed by atoms with E-state index < -0.39 is 0 Å². The van der Waals surface area contributed by atoms with Crippen LogP contribution < -0.4 is 5.32 Å². The highest BCUT2D eigenvalue weighted by Crippen LogP contribution is 2.23. The maximum Gasteiger partial charge on any atom is 0.254 e. The van der Waals surface area contributed by atoms with E-state index >= 15 is 0 Å². The molecule has 1 unspecified atom stereocenters. The highest BCUT2D eigenvalue weighted by molar-refractivity contribution is 7.99. The molecule has 0 aliphatic carbocycles. The maximum absolute atomic E-state index is 12.5. The highest BCUT2D eigenvalue weighted by atomic mass is 32.2. The highest BCUT2D eigenvalue weighted by Gasteiger charge is 2.25. The minimum Gasteiger partial charge on any atom is -0.370 e. The van der Waals surface area contributed by atoms with Gasteiger partial charge in [0.2, 0.25) is 0 Å². The van der Waals surface area contributed by atoms with E-state index in [0.29, 0.717) is 6.04 Å². The number of carbonyl (C=O) groups is 1. The number of rotatable bonds is 4. The molecule has 1 aromatic rings. The monoisotopic (exact) mass is 279 g/mol. The van der Waals surface area contributed by atoms with Gasteiger partial charge in [0.25, 0.3) is 5.91 Å². The van der Waals surface area contributed by atoms with Crippen LogP contribution in [0.25, 0.3) is 0 Å². The molecule has 104 valence electrons. The van der Waals surface area contributed by atoms with Gasteiger partial charge >= 0.3 is 0 Å². The van der Waals surface area contributed by atoms with Gasteiger partial charge in [-0.15, -0.1) is 0 Å². The molecular formula is C14H21N3OS. The van der Waals surface area contributed by atoms with E-state index in [0.717, 1.165) is 41.5 Å². The normalized spacial score (nSPS) is 18.4. The van der Waals surface area contributed by atoms with Gasteiger partial charge in [-0.1, -0.05) is 0 Å². The molecule has 0 bridgehead atoms. The molecular weight excluding hydrogens is 258 g/mol. The number of hydrogen-bond donors (Lipinski definition) is 1. The quantitative estimate of drug-likeness (QED) is 0.919. The summed E-state index contributed by atoms with van der Waals surface area (Å²) in [5.74, 6) is 3.07. The second kappa shape index (κ2) is 6.28. The van der Waals surface area contributed by atoms with Crippen LogP contribution in [0.3, 0.4) is 0 Å². The summed E-state index contributed by atoms with van der Waals surface area (Å²) in [5.41, 5.74) is 1.60. The van der Waals surface area contributed by atoms with Gasteiger partial charge in [0.15, 0.2) is 0 Å². The van der Waals surface area contributed by atoms with E-state index in [2.05, 4.69) is 10.3 Å². The Bertz CT molecular complexity index is 458. The van der Waals surface area contributed by atoms with Gasteiger partial charge in [-0.2, -0.15) is 11.8 Å². The van der Waals surface area contributed by atoms with Crippen molar-refractivity contribution in [3.05, 3.63) is 23.4 Å². The van der Waals surface area contributed by atoms with Gasteiger partial charge in [-0.3, -0.25) is 4.79 Å². The third-order valence-electron chi connectivity index (χ3n) is 3.33. The summed E-state index contributed by atoms with van der Waals surface area (Å²) in [5, 5.41) is 3.17. The fourth-order valence-corrected chi connectivity index (χ4v) is 3.53. The smallest absolute Gasteiger partial charge is 0.254 e. The zero-order chi connectivity index (χ0) is 13.8. The molecule has 1 aliphatic rings. The third-order valence-corrected chi connectivity index (χ3v) is 4.48. The van der Waals surface area contributed by atoms with E-state index in [1.807, 2.05) is 49.7 Å². The van der Waals surface area contributed by atoms with Crippen molar-refractivity contribution < 1.29 is 4.79 Å². The van der Waals surface area contributed by atoms with Crippen LogP contribution in [0.4, 0.5) is 5.82 Å². The van der Waals surface area contributed by atoms with Crippen LogP contribution >= 0.6 is 11.8 Å². The molecule has 0 aromatic carbocycles. The Morgan fingerprint density at radius 2 is 2.37 bits per heavy atom. The molecule has 1 N–H and O–H groups in total. The minimum absolute atomic E-state index is 0.0946. The summed E-state index contributed by atoms with van der Waals surface area (Å²) in [6.07, 6.45) is 1.09. The lowest BCUT2D eigenvalue weighted by molar-refractivity contribution is 0.0747. The first-order chi connectivity index (χ1) is 9.11. The van der Waals surface area contributed by atoms with Crippen molar-refractivity contribution >= 4 is 23.5 Å². The average Bonchev–Trinajstić information content (AvgIpc) is 2.90. The Labute approximate surface area is 119 Å². The number of aromatic nitrogens is 1. The zero-order valence-corrected chi connectivity index (χ0v) is 12.6. The van der Waals surface area contributed by atoms with Gasteiger partial charge < -0.3 is 10.2 Å². The first-order valence-corrected chi connectivity index (χ1v) is 7.84. The van der Waals surface area contributed by atoms with E-state index in [4.69, 9.17) is 0 Å². The lowest BCUT2D eigenvalue weighted by Gasteiger charge is -2.24. The second-order valence-electron chi connectivity index (χ2n) is 4.85. The molecule has 1 aliphatic heterocycles. The van der Waals surface area contributed by atoms with Gasteiger partial charge in [-0.05, 0) is 38.2 Å². The molecule has 0 spiro atoms. The molecule has 19 heavy (non-hydrogen) atoms. The summed E-state index contributed by atoms with van der Waals surface area (Å²) in [4.78, 5) is 18.8. The topological polar surface area (TPSA) is 45.2 Å². The Kier molecular flexibility index (Phi) is 4.69. The van der Waals surface area contributed by atoms with Gasteiger partial charge in [0.05, 0.1) is 0 Å². The second-order valence-corrected chi connectivity index (χ2v) is 6.00. The molecule has 1 amide bonds. The van der Waals surface area contributed by atoms with Gasteiger partial charge in [0, 0.05) is 36.6 Å². The largest absolute Gasteiger partial charge is 0.370 e. The van der Waals surface area contributed by atoms with Crippen molar-refractivity contribution in [3.63, 3.8) is 0 Å². The molecule has 5 heteroatoms. The van der Waals surface area contributed by atoms with Crippen molar-refractivity contribution in [1.82, 2.24) is 9.88 Å². The number of nitrogens with zero attached hydrogens (tertiary/aromatic N) is 2. The predicted molar refractivity (Wildman–Crippen MR) is 81.0 cm³/mol. The molecule has 2 heterocycles. The number of thioether (sulfide) groups is 1. The van der Waals surface area contributed by atoms with Crippen LogP contribution in [0, 0.1) is 6.92 Å². The van der Waals surface area contributed by atoms with Crippen LogP contribution in [-0.2, 0) is 0 Å². The van der Waals surface area contributed by atoms with Gasteiger partial charge in [0.1, 0.15) is 5.82 Å². The van der Waals surface area contributed by atoms with E-state index in [9.17, 15) is 4.79 Å². The minimum atomic E-state index is 0.0946. The first-order valence-electron chi connectivity index (χ1n) is 6.69. The molecule has 4 nitrogen and oxygen atoms in total. The number of carbonyl (C=O) groups excluding carboxylic acids is 1. The summed E-state index contributed by atoms with van der Waals surface area (Å²) >= 11 is 1.92. The van der Waals surface area contributed by atoms with Crippen molar-refractivity contribution in [1.29, 1.82) is 0 Å². The van der Waals surface area contributed by atoms with Crippen LogP contribution in [0.5, 0.6) is 0 Å². The Morgan fingerprint density at radius 3 is 3.00 bits per heavy atom. The molecule has 1 saturated heterocycles. The van der Waals surface area contributed by atoms with E-state index in [1.54, 1.807) is 0 Å². The number of aryl methyl sites for hydroxylation is 1. The number of anilines is 1. The summed E-state index contributed by atoms with van der Waals surface area (Å²) in [6.45, 7) is 4.75. The third kappa shape index (κ3) is 3.41. The Hall–Kier alpha value is -1.23. The summed E-state index contributed by atoms with van der Waals surface area (Å²) in [7, 11) is 1.90. The molecule has 1 aromatic heterocycles. The fraction of sp³-hybridized carbons (Fsp3) is 0.571. The van der Waals surface area contributed by atoms with E-state index in [1.165, 1.54) is 0 Å². The molecule has 1 atom stereocenters. The lowest BCUT2D eigenvalue weighted by Crippen LogP contribution is -2.37. The summed E-state index contributed by atoms with van der Waals surface area (Å²) in [6, 6.07) is 4.08. The standard InChI is InChI=1S/C14H21N3OS/c1-4-15-13-8-11(7-10(2)16-13)14(18)17(3)12-5-6-19-9-12/h7-8,12H,4-6,9H2,1-3H3,(H,15,16). The number of pyridine rings is 1. The molecule has 0 radical (unpaired) electrons. The van der Waals surface area contributed by atoms with Crippen LogP contribution in [0.15, 0.2) is 12.1 Å². The van der Waals surface area contributed by atoms with Crippen molar-refractivity contribution in [3.8, 4) is 0 Å². The summed E-state index contributed by atoms with van der Waals surface area (Å²) < 4.78 is 0. The van der Waals surface area contributed by atoms with Crippen LogP contribution in [-0.4, -0.2) is 46.9 Å². The van der Waals surface area contributed by atoms with Crippen molar-refractivity contribution in [2.75, 3.05) is 30.4 Å². The van der Waals surface area contributed by atoms with Crippen LogP contribution in [0.1, 0.15) is 29.4 Å². The average molecular weight is 279 g/mol. The SMILES string of the molecule is CCNc1cc(C(=O)N(C)C2CCSC2)cc(C)n1. The lowest BCUT2D eigenvalue weighted by atomic mass is 10.1. The number of nitrogens with one attached hydrogen (secondary N) is 1. The maximum atomic E-state index is 12.5. The van der Waals surface area contributed by atoms with Crippen molar-refractivity contribution in [2.45, 2.75) is 26.3 Å². The molecule has 1 fully saturated rings. The number of hydrogen-bond acceptors (Lipinski definition) is 4. The van der Waals surface area contributed by atoms with E-state index in [-0.39, 0.29) is 5.91 Å². The fourth-order valence-electron chi connectivity index (χ4n) is 2.26. The molecule has 2 rings (SSSR count).